The van der Waals surface area contributed by atoms with Crippen LogP contribution >= 0.6 is 15.9 Å². The first-order valence-electron chi connectivity index (χ1n) is 5.76. The zero-order valence-electron chi connectivity index (χ0n) is 10.5. The number of aryl methyl sites for hydroxylation is 1. The van der Waals surface area contributed by atoms with Crippen molar-refractivity contribution in [3.63, 3.8) is 0 Å². The van der Waals surface area contributed by atoms with Gasteiger partial charge in [0.15, 0.2) is 0 Å². The van der Waals surface area contributed by atoms with Crippen molar-refractivity contribution in [3.05, 3.63) is 39.8 Å². The molecule has 0 saturated carbocycles. The third kappa shape index (κ3) is 2.81. The summed E-state index contributed by atoms with van der Waals surface area (Å²) in [6.07, 6.45) is 0.815. The second kappa shape index (κ2) is 5.48. The van der Waals surface area contributed by atoms with Gasteiger partial charge in [0.25, 0.3) is 5.69 Å². The summed E-state index contributed by atoms with van der Waals surface area (Å²) in [6, 6.07) is 4.59. The lowest BCUT2D eigenvalue weighted by Crippen LogP contribution is -1.92. The summed E-state index contributed by atoms with van der Waals surface area (Å²) in [5.74, 6) is 0.845. The van der Waals surface area contributed by atoms with Crippen LogP contribution in [0.4, 0.5) is 5.69 Å². The Hall–Kier alpha value is -1.76. The topological polar surface area (TPSA) is 82.1 Å². The van der Waals surface area contributed by atoms with Gasteiger partial charge in [0.1, 0.15) is 0 Å². The van der Waals surface area contributed by atoms with Crippen molar-refractivity contribution in [2.45, 2.75) is 25.1 Å². The number of rotatable bonds is 4. The minimum absolute atomic E-state index is 0.00671. The number of non-ortho nitro benzene ring substituents is 1. The second-order valence-corrected chi connectivity index (χ2v) is 5.19. The molecule has 0 aliphatic rings. The fraction of sp³-hybridized carbons (Fsp3) is 0.333. The highest BCUT2D eigenvalue weighted by Gasteiger charge is 2.18. The van der Waals surface area contributed by atoms with E-state index in [-0.39, 0.29) is 10.5 Å². The highest BCUT2D eigenvalue weighted by Crippen LogP contribution is 2.29. The molecule has 1 atom stereocenters. The summed E-state index contributed by atoms with van der Waals surface area (Å²) >= 11 is 3.42. The monoisotopic (exact) mass is 325 g/mol. The molecule has 0 aliphatic carbocycles. The summed E-state index contributed by atoms with van der Waals surface area (Å²) in [5.41, 5.74) is 1.48. The van der Waals surface area contributed by atoms with Crippen LogP contribution in [-0.2, 0) is 0 Å². The van der Waals surface area contributed by atoms with Crippen LogP contribution in [-0.4, -0.2) is 15.1 Å². The predicted molar refractivity (Wildman–Crippen MR) is 73.1 cm³/mol. The van der Waals surface area contributed by atoms with E-state index in [4.69, 9.17) is 4.52 Å². The van der Waals surface area contributed by atoms with E-state index in [1.165, 1.54) is 12.1 Å². The molecule has 1 aromatic heterocycles. The van der Waals surface area contributed by atoms with Crippen molar-refractivity contribution in [2.24, 2.45) is 0 Å². The Kier molecular flexibility index (Phi) is 3.94. The van der Waals surface area contributed by atoms with Crippen molar-refractivity contribution in [1.82, 2.24) is 10.1 Å². The first-order chi connectivity index (χ1) is 9.02. The highest BCUT2D eigenvalue weighted by atomic mass is 79.9. The molecule has 6 nitrogen and oxygen atoms in total. The van der Waals surface area contributed by atoms with Crippen LogP contribution in [0.25, 0.3) is 11.4 Å². The van der Waals surface area contributed by atoms with Gasteiger partial charge in [0.05, 0.1) is 9.75 Å². The van der Waals surface area contributed by atoms with Crippen molar-refractivity contribution in [1.29, 1.82) is 0 Å². The van der Waals surface area contributed by atoms with E-state index in [0.717, 1.165) is 12.0 Å². The summed E-state index contributed by atoms with van der Waals surface area (Å²) < 4.78 is 5.15. The third-order valence-electron chi connectivity index (χ3n) is 2.74. The minimum atomic E-state index is -0.441. The highest BCUT2D eigenvalue weighted by molar-refractivity contribution is 9.09. The molecule has 0 fully saturated rings. The molecule has 0 radical (unpaired) electrons. The molecule has 0 bridgehead atoms. The molecule has 100 valence electrons. The number of hydrogen-bond acceptors (Lipinski definition) is 5. The molecular formula is C12H12BrN3O3. The van der Waals surface area contributed by atoms with Crippen LogP contribution in [0.5, 0.6) is 0 Å². The molecular weight excluding hydrogens is 314 g/mol. The van der Waals surface area contributed by atoms with Crippen LogP contribution in [0.1, 0.15) is 29.6 Å². The average Bonchev–Trinajstić information content (AvgIpc) is 2.87. The Bertz CT molecular complexity index is 612. The number of benzene rings is 1. The van der Waals surface area contributed by atoms with E-state index in [1.807, 2.05) is 13.8 Å². The fourth-order valence-corrected chi connectivity index (χ4v) is 1.80. The maximum Gasteiger partial charge on any atom is 0.270 e. The molecule has 1 heterocycles. The molecule has 2 rings (SSSR count). The zero-order chi connectivity index (χ0) is 14.0. The van der Waals surface area contributed by atoms with Gasteiger partial charge in [-0.3, -0.25) is 10.1 Å². The first-order valence-corrected chi connectivity index (χ1v) is 6.67. The molecule has 0 spiro atoms. The van der Waals surface area contributed by atoms with E-state index in [9.17, 15) is 10.1 Å². The quantitative estimate of drug-likeness (QED) is 0.485. The van der Waals surface area contributed by atoms with Crippen LogP contribution in [0.15, 0.2) is 22.7 Å². The van der Waals surface area contributed by atoms with E-state index in [0.29, 0.717) is 17.3 Å². The van der Waals surface area contributed by atoms with Crippen molar-refractivity contribution >= 4 is 21.6 Å². The van der Waals surface area contributed by atoms with Gasteiger partial charge in [-0.1, -0.05) is 34.1 Å². The van der Waals surface area contributed by atoms with E-state index in [1.54, 1.807) is 6.07 Å². The third-order valence-corrected chi connectivity index (χ3v) is 3.78. The molecule has 7 heteroatoms. The number of nitro groups is 1. The lowest BCUT2D eigenvalue weighted by Gasteiger charge is -2.00. The Labute approximate surface area is 118 Å². The smallest absolute Gasteiger partial charge is 0.270 e. The Morgan fingerprint density at radius 3 is 2.89 bits per heavy atom. The van der Waals surface area contributed by atoms with Gasteiger partial charge >= 0.3 is 0 Å². The van der Waals surface area contributed by atoms with E-state index in [2.05, 4.69) is 26.1 Å². The van der Waals surface area contributed by atoms with Gasteiger partial charge in [0.2, 0.25) is 11.7 Å². The fourth-order valence-electron chi connectivity index (χ4n) is 1.61. The van der Waals surface area contributed by atoms with Crippen molar-refractivity contribution < 1.29 is 9.45 Å². The number of halogens is 1. The maximum absolute atomic E-state index is 10.8. The van der Waals surface area contributed by atoms with Gasteiger partial charge in [-0.25, -0.2) is 0 Å². The molecule has 2 aromatic rings. The maximum atomic E-state index is 10.8. The summed E-state index contributed by atoms with van der Waals surface area (Å²) in [5, 5.41) is 14.7. The molecule has 1 aromatic carbocycles. The summed E-state index contributed by atoms with van der Waals surface area (Å²) in [7, 11) is 0. The molecule has 0 aliphatic heterocycles. The normalized spacial score (nSPS) is 12.4. The number of alkyl halides is 1. The predicted octanol–water partition coefficient (Wildman–Crippen LogP) is 3.80. The van der Waals surface area contributed by atoms with E-state index >= 15 is 0 Å². The standard InChI is InChI=1S/C12H12BrN3O3/c1-3-10(13)12-14-11(15-19-12)9-6-8(16(17)18)5-4-7(9)2/h4-6,10H,3H2,1-2H3. The Balaban J connectivity index is 2.43. The van der Waals surface area contributed by atoms with Gasteiger partial charge < -0.3 is 4.52 Å². The van der Waals surface area contributed by atoms with Crippen LogP contribution in [0, 0.1) is 17.0 Å². The number of nitrogens with zero attached hydrogens (tertiary/aromatic N) is 3. The molecule has 19 heavy (non-hydrogen) atoms. The molecule has 0 saturated heterocycles. The van der Waals surface area contributed by atoms with Crippen LogP contribution in [0.3, 0.4) is 0 Å². The number of hydrogen-bond donors (Lipinski definition) is 0. The second-order valence-electron chi connectivity index (χ2n) is 4.09. The SMILES string of the molecule is CCC(Br)c1nc(-c2cc([N+](=O)[O-])ccc2C)no1. The zero-order valence-corrected chi connectivity index (χ0v) is 12.0. The van der Waals surface area contributed by atoms with Crippen LogP contribution < -0.4 is 0 Å². The van der Waals surface area contributed by atoms with Gasteiger partial charge in [-0.05, 0) is 18.9 Å². The lowest BCUT2D eigenvalue weighted by atomic mass is 10.1. The van der Waals surface area contributed by atoms with Gasteiger partial charge in [-0.2, -0.15) is 4.98 Å². The Morgan fingerprint density at radius 2 is 2.26 bits per heavy atom. The van der Waals surface area contributed by atoms with E-state index < -0.39 is 4.92 Å². The average molecular weight is 326 g/mol. The minimum Gasteiger partial charge on any atom is -0.338 e. The van der Waals surface area contributed by atoms with Crippen LogP contribution in [0.2, 0.25) is 0 Å². The van der Waals surface area contributed by atoms with Crippen molar-refractivity contribution in [2.75, 3.05) is 0 Å². The summed E-state index contributed by atoms with van der Waals surface area (Å²) in [4.78, 5) is 14.6. The lowest BCUT2D eigenvalue weighted by molar-refractivity contribution is -0.384. The van der Waals surface area contributed by atoms with Crippen molar-refractivity contribution in [3.8, 4) is 11.4 Å². The molecule has 1 unspecified atom stereocenters. The van der Waals surface area contributed by atoms with Gasteiger partial charge in [0, 0.05) is 17.7 Å². The number of nitro benzene ring substituents is 1. The Morgan fingerprint density at radius 1 is 1.53 bits per heavy atom. The number of aromatic nitrogens is 2. The largest absolute Gasteiger partial charge is 0.338 e. The molecule has 0 amide bonds. The molecule has 0 N–H and O–H groups in total. The first kappa shape index (κ1) is 13.7. The summed E-state index contributed by atoms with van der Waals surface area (Å²) in [6.45, 7) is 3.84. The van der Waals surface area contributed by atoms with Gasteiger partial charge in [-0.15, -0.1) is 0 Å².